The summed E-state index contributed by atoms with van der Waals surface area (Å²) in [6, 6.07) is 6.92. The third-order valence-corrected chi connectivity index (χ3v) is 4.34. The Hall–Kier alpha value is -0.970. The number of hydrogen-bond donors (Lipinski definition) is 2. The monoisotopic (exact) mass is 277 g/mol. The molecule has 1 saturated heterocycles. The highest BCUT2D eigenvalue weighted by Gasteiger charge is 2.34. The van der Waals surface area contributed by atoms with Crippen LogP contribution in [0.15, 0.2) is 24.4 Å². The molecule has 1 aromatic rings. The van der Waals surface area contributed by atoms with Crippen LogP contribution in [0.1, 0.15) is 50.8 Å². The zero-order chi connectivity index (χ0) is 14.4. The quantitative estimate of drug-likeness (QED) is 0.801. The fraction of sp³-hybridized carbons (Fsp3) is 0.688. The van der Waals surface area contributed by atoms with Gasteiger partial charge < -0.3 is 10.8 Å². The first kappa shape index (κ1) is 15.4. The molecule has 4 nitrogen and oxygen atoms in total. The molecule has 0 saturated carbocycles. The van der Waals surface area contributed by atoms with Crippen LogP contribution in [0.3, 0.4) is 0 Å². The normalized spacial score (nSPS) is 22.9. The van der Waals surface area contributed by atoms with E-state index in [1.54, 1.807) is 0 Å². The number of likely N-dealkylation sites (tertiary alicyclic amines) is 1. The average molecular weight is 277 g/mol. The lowest BCUT2D eigenvalue weighted by atomic mass is 9.98. The van der Waals surface area contributed by atoms with E-state index in [1.165, 1.54) is 12.8 Å². The van der Waals surface area contributed by atoms with Crippen LogP contribution in [0.2, 0.25) is 0 Å². The number of aromatic nitrogens is 1. The molecule has 0 bridgehead atoms. The van der Waals surface area contributed by atoms with E-state index in [-0.39, 0.29) is 18.7 Å². The number of rotatable bonds is 7. The minimum Gasteiger partial charge on any atom is -0.396 e. The molecule has 2 rings (SSSR count). The number of aliphatic hydroxyl groups excluding tert-OH is 1. The second kappa shape index (κ2) is 7.72. The predicted octanol–water partition coefficient (Wildman–Crippen LogP) is 2.10. The Morgan fingerprint density at radius 1 is 1.50 bits per heavy atom. The summed E-state index contributed by atoms with van der Waals surface area (Å²) < 4.78 is 0. The van der Waals surface area contributed by atoms with Crippen LogP contribution in [-0.4, -0.2) is 40.2 Å². The van der Waals surface area contributed by atoms with Gasteiger partial charge in [-0.2, -0.15) is 0 Å². The summed E-state index contributed by atoms with van der Waals surface area (Å²) in [5.41, 5.74) is 7.47. The zero-order valence-electron chi connectivity index (χ0n) is 12.4. The van der Waals surface area contributed by atoms with Gasteiger partial charge in [-0.3, -0.25) is 9.88 Å². The van der Waals surface area contributed by atoms with Crippen molar-refractivity contribution in [3.63, 3.8) is 0 Å². The molecule has 4 heteroatoms. The fourth-order valence-corrected chi connectivity index (χ4v) is 3.27. The summed E-state index contributed by atoms with van der Waals surface area (Å²) in [7, 11) is 0. The summed E-state index contributed by atoms with van der Waals surface area (Å²) in [5.74, 6) is 0. The summed E-state index contributed by atoms with van der Waals surface area (Å²) >= 11 is 0. The molecule has 0 aromatic carbocycles. The van der Waals surface area contributed by atoms with Crippen molar-refractivity contribution < 1.29 is 5.11 Å². The highest BCUT2D eigenvalue weighted by atomic mass is 16.2. The van der Waals surface area contributed by atoms with Crippen molar-refractivity contribution in [2.45, 2.75) is 57.2 Å². The Kier molecular flexibility index (Phi) is 5.95. The molecule has 2 heterocycles. The van der Waals surface area contributed by atoms with Crippen LogP contribution in [0.25, 0.3) is 0 Å². The van der Waals surface area contributed by atoms with Crippen molar-refractivity contribution in [3.8, 4) is 0 Å². The topological polar surface area (TPSA) is 62.4 Å². The number of hydrogen-bond acceptors (Lipinski definition) is 4. The molecule has 0 aliphatic carbocycles. The standard InChI is InChI=1S/C16H27N3O/c1-2-14(17)16(15-9-3-4-10-18-15)19-11-5-7-13(19)8-6-12-20/h3-4,9-10,13-14,16,20H,2,5-8,11-12,17H2,1H3. The molecule has 3 atom stereocenters. The first-order valence-corrected chi connectivity index (χ1v) is 7.81. The molecule has 0 amide bonds. The lowest BCUT2D eigenvalue weighted by Crippen LogP contribution is -2.43. The van der Waals surface area contributed by atoms with Crippen molar-refractivity contribution in [2.75, 3.05) is 13.2 Å². The van der Waals surface area contributed by atoms with Gasteiger partial charge in [0.1, 0.15) is 0 Å². The fourth-order valence-electron chi connectivity index (χ4n) is 3.27. The lowest BCUT2D eigenvalue weighted by Gasteiger charge is -2.36. The van der Waals surface area contributed by atoms with E-state index in [9.17, 15) is 0 Å². The van der Waals surface area contributed by atoms with Gasteiger partial charge in [-0.15, -0.1) is 0 Å². The second-order valence-corrected chi connectivity index (χ2v) is 5.67. The molecule has 3 unspecified atom stereocenters. The van der Waals surface area contributed by atoms with Gasteiger partial charge in [0.25, 0.3) is 0 Å². The van der Waals surface area contributed by atoms with Crippen LogP contribution in [0, 0.1) is 0 Å². The van der Waals surface area contributed by atoms with Crippen molar-refractivity contribution in [2.24, 2.45) is 5.73 Å². The molecule has 0 spiro atoms. The van der Waals surface area contributed by atoms with Gasteiger partial charge in [0.2, 0.25) is 0 Å². The molecule has 1 aliphatic heterocycles. The maximum Gasteiger partial charge on any atom is 0.0675 e. The third kappa shape index (κ3) is 3.57. The van der Waals surface area contributed by atoms with Gasteiger partial charge in [0.05, 0.1) is 11.7 Å². The lowest BCUT2D eigenvalue weighted by molar-refractivity contribution is 0.137. The zero-order valence-corrected chi connectivity index (χ0v) is 12.4. The molecule has 20 heavy (non-hydrogen) atoms. The Morgan fingerprint density at radius 2 is 2.35 bits per heavy atom. The first-order valence-electron chi connectivity index (χ1n) is 7.81. The smallest absolute Gasteiger partial charge is 0.0675 e. The van der Waals surface area contributed by atoms with Crippen LogP contribution in [0.4, 0.5) is 0 Å². The Labute approximate surface area is 122 Å². The van der Waals surface area contributed by atoms with Crippen molar-refractivity contribution in [1.29, 1.82) is 0 Å². The molecule has 1 fully saturated rings. The first-order chi connectivity index (χ1) is 9.77. The average Bonchev–Trinajstić information content (AvgIpc) is 2.94. The van der Waals surface area contributed by atoms with Gasteiger partial charge in [-0.25, -0.2) is 0 Å². The van der Waals surface area contributed by atoms with Crippen LogP contribution >= 0.6 is 0 Å². The molecule has 1 aliphatic rings. The molecular formula is C16H27N3O. The van der Waals surface area contributed by atoms with E-state index in [4.69, 9.17) is 10.8 Å². The predicted molar refractivity (Wildman–Crippen MR) is 81.3 cm³/mol. The van der Waals surface area contributed by atoms with E-state index < -0.39 is 0 Å². The van der Waals surface area contributed by atoms with Gasteiger partial charge in [-0.05, 0) is 50.8 Å². The van der Waals surface area contributed by atoms with E-state index in [0.29, 0.717) is 6.04 Å². The van der Waals surface area contributed by atoms with Crippen molar-refractivity contribution >= 4 is 0 Å². The van der Waals surface area contributed by atoms with Gasteiger partial charge in [0.15, 0.2) is 0 Å². The second-order valence-electron chi connectivity index (χ2n) is 5.67. The van der Waals surface area contributed by atoms with Crippen molar-refractivity contribution in [1.82, 2.24) is 9.88 Å². The number of nitrogens with two attached hydrogens (primary N) is 1. The molecule has 1 aromatic heterocycles. The minimum atomic E-state index is 0.111. The maximum absolute atomic E-state index is 9.07. The summed E-state index contributed by atoms with van der Waals surface area (Å²) in [6.45, 7) is 3.50. The number of nitrogens with zero attached hydrogens (tertiary/aromatic N) is 2. The molecule has 3 N–H and O–H groups in total. The van der Waals surface area contributed by atoms with Crippen molar-refractivity contribution in [3.05, 3.63) is 30.1 Å². The van der Waals surface area contributed by atoms with E-state index in [0.717, 1.165) is 31.5 Å². The Balaban J connectivity index is 2.18. The van der Waals surface area contributed by atoms with Gasteiger partial charge >= 0.3 is 0 Å². The highest BCUT2D eigenvalue weighted by molar-refractivity contribution is 5.12. The SMILES string of the molecule is CCC(N)C(c1ccccn1)N1CCCC1CCCO. The summed E-state index contributed by atoms with van der Waals surface area (Å²) in [5, 5.41) is 9.07. The molecule has 112 valence electrons. The number of aliphatic hydroxyl groups is 1. The Morgan fingerprint density at radius 3 is 3.00 bits per heavy atom. The maximum atomic E-state index is 9.07. The van der Waals surface area contributed by atoms with Gasteiger partial charge in [0, 0.05) is 24.9 Å². The highest BCUT2D eigenvalue weighted by Crippen LogP contribution is 2.33. The third-order valence-electron chi connectivity index (χ3n) is 4.34. The summed E-state index contributed by atoms with van der Waals surface area (Å²) in [4.78, 5) is 7.06. The minimum absolute atomic E-state index is 0.111. The van der Waals surface area contributed by atoms with Gasteiger partial charge in [-0.1, -0.05) is 13.0 Å². The van der Waals surface area contributed by atoms with E-state index in [1.807, 2.05) is 18.3 Å². The van der Waals surface area contributed by atoms with Crippen LogP contribution in [-0.2, 0) is 0 Å². The molecular weight excluding hydrogens is 250 g/mol. The van der Waals surface area contributed by atoms with Crippen LogP contribution < -0.4 is 5.73 Å². The Bertz CT molecular complexity index is 385. The number of pyridine rings is 1. The molecule has 0 radical (unpaired) electrons. The largest absolute Gasteiger partial charge is 0.396 e. The summed E-state index contributed by atoms with van der Waals surface area (Å²) in [6.07, 6.45) is 7.15. The van der Waals surface area contributed by atoms with Crippen LogP contribution in [0.5, 0.6) is 0 Å². The van der Waals surface area contributed by atoms with E-state index >= 15 is 0 Å². The van der Waals surface area contributed by atoms with E-state index in [2.05, 4.69) is 22.9 Å².